The molecule has 0 aliphatic carbocycles. The number of carbonyl (C=O) groups excluding carboxylic acids is 1. The summed E-state index contributed by atoms with van der Waals surface area (Å²) >= 11 is 11.5. The fraction of sp³-hybridized carbons (Fsp3) is 0.300. The molecule has 154 valence electrons. The SMILES string of the molecule is COc1cccc(OC)c1C(=O)NC(=S)Nc1cc(Cl)ccc1N1CCOCC1. The van der Waals surface area contributed by atoms with Gasteiger partial charge in [0.15, 0.2) is 5.11 Å². The van der Waals surface area contributed by atoms with Crippen molar-refractivity contribution in [2.45, 2.75) is 0 Å². The highest BCUT2D eigenvalue weighted by atomic mass is 35.5. The monoisotopic (exact) mass is 435 g/mol. The first-order valence-corrected chi connectivity index (χ1v) is 9.77. The molecule has 1 heterocycles. The molecule has 0 aromatic heterocycles. The fourth-order valence-corrected chi connectivity index (χ4v) is 3.46. The number of hydrogen-bond donors (Lipinski definition) is 2. The van der Waals surface area contributed by atoms with Gasteiger partial charge in [-0.05, 0) is 42.5 Å². The smallest absolute Gasteiger partial charge is 0.264 e. The van der Waals surface area contributed by atoms with Crippen LogP contribution in [0.3, 0.4) is 0 Å². The second-order valence-electron chi connectivity index (χ2n) is 6.21. The van der Waals surface area contributed by atoms with Crippen LogP contribution in [-0.2, 0) is 4.74 Å². The molecule has 9 heteroatoms. The summed E-state index contributed by atoms with van der Waals surface area (Å²) in [7, 11) is 2.98. The van der Waals surface area contributed by atoms with Gasteiger partial charge in [0.05, 0.1) is 38.8 Å². The maximum Gasteiger partial charge on any atom is 0.264 e. The molecule has 29 heavy (non-hydrogen) atoms. The Kier molecular flexibility index (Phi) is 7.13. The molecule has 2 aromatic carbocycles. The van der Waals surface area contributed by atoms with Crippen molar-refractivity contribution in [3.63, 3.8) is 0 Å². The van der Waals surface area contributed by atoms with Crippen molar-refractivity contribution in [3.05, 3.63) is 47.0 Å². The van der Waals surface area contributed by atoms with Crippen LogP contribution in [-0.4, -0.2) is 51.5 Å². The zero-order chi connectivity index (χ0) is 20.8. The standard InChI is InChI=1S/C20H22ClN3O4S/c1-26-16-4-3-5-17(27-2)18(16)19(25)23-20(29)22-14-12-13(21)6-7-15(14)24-8-10-28-11-9-24/h3-7,12H,8-11H2,1-2H3,(H2,22,23,25,29). The Hall–Kier alpha value is -2.55. The summed E-state index contributed by atoms with van der Waals surface area (Å²) in [4.78, 5) is 15.0. The highest BCUT2D eigenvalue weighted by Gasteiger charge is 2.20. The molecule has 7 nitrogen and oxygen atoms in total. The first-order chi connectivity index (χ1) is 14.0. The van der Waals surface area contributed by atoms with Crippen molar-refractivity contribution in [3.8, 4) is 11.5 Å². The fourth-order valence-electron chi connectivity index (χ4n) is 3.08. The Bertz CT molecular complexity index is 881. The lowest BCUT2D eigenvalue weighted by atomic mass is 10.1. The van der Waals surface area contributed by atoms with Gasteiger partial charge < -0.3 is 24.4 Å². The van der Waals surface area contributed by atoms with E-state index in [1.807, 2.05) is 12.1 Å². The van der Waals surface area contributed by atoms with E-state index in [1.54, 1.807) is 24.3 Å². The lowest BCUT2D eigenvalue weighted by molar-refractivity contribution is 0.0971. The van der Waals surface area contributed by atoms with E-state index in [0.29, 0.717) is 35.4 Å². The molecular weight excluding hydrogens is 414 g/mol. The van der Waals surface area contributed by atoms with E-state index in [-0.39, 0.29) is 10.7 Å². The normalized spacial score (nSPS) is 13.6. The topological polar surface area (TPSA) is 72.1 Å². The average molecular weight is 436 g/mol. The van der Waals surface area contributed by atoms with Crippen LogP contribution in [0.5, 0.6) is 11.5 Å². The third kappa shape index (κ3) is 5.09. The van der Waals surface area contributed by atoms with Crippen molar-refractivity contribution >= 4 is 46.2 Å². The lowest BCUT2D eigenvalue weighted by Crippen LogP contribution is -2.38. The van der Waals surface area contributed by atoms with Gasteiger partial charge in [-0.3, -0.25) is 10.1 Å². The molecule has 1 amide bonds. The minimum Gasteiger partial charge on any atom is -0.496 e. The number of nitrogens with zero attached hydrogens (tertiary/aromatic N) is 1. The summed E-state index contributed by atoms with van der Waals surface area (Å²) in [6.07, 6.45) is 0. The summed E-state index contributed by atoms with van der Waals surface area (Å²) in [5.41, 5.74) is 1.90. The summed E-state index contributed by atoms with van der Waals surface area (Å²) in [5.74, 6) is 0.342. The van der Waals surface area contributed by atoms with E-state index < -0.39 is 5.91 Å². The Labute approximate surface area is 179 Å². The molecule has 2 N–H and O–H groups in total. The number of nitrogens with one attached hydrogen (secondary N) is 2. The number of rotatable bonds is 5. The molecule has 0 unspecified atom stereocenters. The summed E-state index contributed by atoms with van der Waals surface area (Å²) < 4.78 is 16.0. The van der Waals surface area contributed by atoms with Crippen LogP contribution in [0.25, 0.3) is 0 Å². The van der Waals surface area contributed by atoms with E-state index in [9.17, 15) is 4.79 Å². The molecular formula is C20H22ClN3O4S. The molecule has 0 radical (unpaired) electrons. The number of amides is 1. The minimum absolute atomic E-state index is 0.139. The predicted molar refractivity (Wildman–Crippen MR) is 118 cm³/mol. The average Bonchev–Trinajstić information content (AvgIpc) is 2.73. The van der Waals surface area contributed by atoms with Gasteiger partial charge in [0, 0.05) is 18.1 Å². The van der Waals surface area contributed by atoms with Crippen LogP contribution < -0.4 is 25.0 Å². The molecule has 2 aromatic rings. The van der Waals surface area contributed by atoms with Crippen LogP contribution in [0.1, 0.15) is 10.4 Å². The van der Waals surface area contributed by atoms with Gasteiger partial charge in [-0.1, -0.05) is 17.7 Å². The maximum absolute atomic E-state index is 12.8. The largest absolute Gasteiger partial charge is 0.496 e. The Morgan fingerprint density at radius 2 is 1.79 bits per heavy atom. The number of carbonyl (C=O) groups is 1. The highest BCUT2D eigenvalue weighted by molar-refractivity contribution is 7.80. The maximum atomic E-state index is 12.8. The summed E-state index contributed by atoms with van der Waals surface area (Å²) in [5, 5.41) is 6.45. The minimum atomic E-state index is -0.438. The van der Waals surface area contributed by atoms with Crippen LogP contribution >= 0.6 is 23.8 Å². The first kappa shape index (κ1) is 21.2. The zero-order valence-corrected chi connectivity index (χ0v) is 17.7. The number of thiocarbonyl (C=S) groups is 1. The van der Waals surface area contributed by atoms with Crippen molar-refractivity contribution in [1.29, 1.82) is 0 Å². The number of halogens is 1. The first-order valence-electron chi connectivity index (χ1n) is 8.99. The van der Waals surface area contributed by atoms with Crippen LogP contribution in [0.4, 0.5) is 11.4 Å². The van der Waals surface area contributed by atoms with Crippen molar-refractivity contribution < 1.29 is 19.0 Å². The van der Waals surface area contributed by atoms with E-state index in [0.717, 1.165) is 18.8 Å². The number of methoxy groups -OCH3 is 2. The van der Waals surface area contributed by atoms with E-state index in [4.69, 9.17) is 38.0 Å². The van der Waals surface area contributed by atoms with Crippen LogP contribution in [0.15, 0.2) is 36.4 Å². The summed E-state index contributed by atoms with van der Waals surface area (Å²) in [6, 6.07) is 10.6. The van der Waals surface area contributed by atoms with Crippen LogP contribution in [0.2, 0.25) is 5.02 Å². The molecule has 1 fully saturated rings. The number of hydrogen-bond acceptors (Lipinski definition) is 6. The van der Waals surface area contributed by atoms with Gasteiger partial charge >= 0.3 is 0 Å². The Balaban J connectivity index is 1.78. The molecule has 0 saturated carbocycles. The van der Waals surface area contributed by atoms with E-state index in [2.05, 4.69) is 15.5 Å². The quantitative estimate of drug-likeness (QED) is 0.698. The molecule has 3 rings (SSSR count). The number of anilines is 2. The molecule has 0 bridgehead atoms. The second-order valence-corrected chi connectivity index (χ2v) is 7.05. The predicted octanol–water partition coefficient (Wildman–Crippen LogP) is 3.32. The van der Waals surface area contributed by atoms with Crippen molar-refractivity contribution in [2.24, 2.45) is 0 Å². The molecule has 1 aliphatic heterocycles. The van der Waals surface area contributed by atoms with E-state index >= 15 is 0 Å². The number of ether oxygens (including phenoxy) is 3. The van der Waals surface area contributed by atoms with Gasteiger partial charge in [0.2, 0.25) is 0 Å². The molecule has 0 atom stereocenters. The third-order valence-corrected chi connectivity index (χ3v) is 4.88. The van der Waals surface area contributed by atoms with Gasteiger partial charge in [0.1, 0.15) is 17.1 Å². The zero-order valence-electron chi connectivity index (χ0n) is 16.2. The molecule has 1 saturated heterocycles. The molecule has 1 aliphatic rings. The Morgan fingerprint density at radius 3 is 2.41 bits per heavy atom. The van der Waals surface area contributed by atoms with Gasteiger partial charge in [-0.25, -0.2) is 0 Å². The van der Waals surface area contributed by atoms with Crippen molar-refractivity contribution in [1.82, 2.24) is 5.32 Å². The lowest BCUT2D eigenvalue weighted by Gasteiger charge is -2.30. The van der Waals surface area contributed by atoms with Gasteiger partial charge in [-0.2, -0.15) is 0 Å². The van der Waals surface area contributed by atoms with Gasteiger partial charge in [-0.15, -0.1) is 0 Å². The third-order valence-electron chi connectivity index (χ3n) is 4.44. The van der Waals surface area contributed by atoms with Crippen LogP contribution in [0, 0.1) is 0 Å². The van der Waals surface area contributed by atoms with Crippen molar-refractivity contribution in [2.75, 3.05) is 50.7 Å². The Morgan fingerprint density at radius 1 is 1.14 bits per heavy atom. The molecule has 0 spiro atoms. The number of morpholine rings is 1. The highest BCUT2D eigenvalue weighted by Crippen LogP contribution is 2.30. The number of benzene rings is 2. The summed E-state index contributed by atoms with van der Waals surface area (Å²) in [6.45, 7) is 2.81. The van der Waals surface area contributed by atoms with Gasteiger partial charge in [0.25, 0.3) is 5.91 Å². The second kappa shape index (κ2) is 9.78. The van der Waals surface area contributed by atoms with E-state index in [1.165, 1.54) is 14.2 Å².